The lowest BCUT2D eigenvalue weighted by Gasteiger charge is -2.22. The van der Waals surface area contributed by atoms with E-state index in [4.69, 9.17) is 4.74 Å². The molecule has 116 valence electrons. The molecule has 0 spiro atoms. The van der Waals surface area contributed by atoms with Gasteiger partial charge in [-0.2, -0.15) is 0 Å². The van der Waals surface area contributed by atoms with E-state index >= 15 is 0 Å². The maximum atomic E-state index is 11.7. The van der Waals surface area contributed by atoms with Crippen LogP contribution < -0.4 is 15.4 Å². The zero-order valence-corrected chi connectivity index (χ0v) is 12.6. The standard InChI is InChI=1S/C17H26N2O2/c20-17(10-9-15-6-4-11-18-14-15)19-12-5-13-21-16-7-2-1-3-8-16/h1-3,7-8,15,18H,4-6,9-14H2,(H,19,20). The first-order valence-electron chi connectivity index (χ1n) is 8.00. The van der Waals surface area contributed by atoms with E-state index in [0.29, 0.717) is 25.5 Å². The molecule has 1 amide bonds. The monoisotopic (exact) mass is 290 g/mol. The van der Waals surface area contributed by atoms with E-state index in [0.717, 1.165) is 31.7 Å². The summed E-state index contributed by atoms with van der Waals surface area (Å²) in [4.78, 5) is 11.7. The molecule has 1 atom stereocenters. The predicted molar refractivity (Wildman–Crippen MR) is 84.4 cm³/mol. The summed E-state index contributed by atoms with van der Waals surface area (Å²) in [6.07, 6.45) is 4.98. The fourth-order valence-electron chi connectivity index (χ4n) is 2.60. The average Bonchev–Trinajstić information content (AvgIpc) is 2.54. The molecule has 4 nitrogen and oxygen atoms in total. The van der Waals surface area contributed by atoms with Crippen molar-refractivity contribution in [2.24, 2.45) is 5.92 Å². The number of amides is 1. The van der Waals surface area contributed by atoms with Crippen LogP contribution in [0.2, 0.25) is 0 Å². The first-order valence-corrected chi connectivity index (χ1v) is 8.00. The first kappa shape index (κ1) is 15.8. The van der Waals surface area contributed by atoms with Gasteiger partial charge in [0.1, 0.15) is 5.75 Å². The number of carbonyl (C=O) groups excluding carboxylic acids is 1. The van der Waals surface area contributed by atoms with Gasteiger partial charge in [0.25, 0.3) is 0 Å². The summed E-state index contributed by atoms with van der Waals surface area (Å²) in [6, 6.07) is 9.76. The van der Waals surface area contributed by atoms with Crippen molar-refractivity contribution in [3.8, 4) is 5.75 Å². The third-order valence-electron chi connectivity index (χ3n) is 3.83. The van der Waals surface area contributed by atoms with Gasteiger partial charge in [-0.3, -0.25) is 4.79 Å². The largest absolute Gasteiger partial charge is 0.494 e. The van der Waals surface area contributed by atoms with E-state index in [1.54, 1.807) is 0 Å². The summed E-state index contributed by atoms with van der Waals surface area (Å²) in [5, 5.41) is 6.35. The highest BCUT2D eigenvalue weighted by molar-refractivity contribution is 5.75. The summed E-state index contributed by atoms with van der Waals surface area (Å²) in [5.41, 5.74) is 0. The minimum Gasteiger partial charge on any atom is -0.494 e. The van der Waals surface area contributed by atoms with Gasteiger partial charge in [0.15, 0.2) is 0 Å². The number of rotatable bonds is 8. The van der Waals surface area contributed by atoms with Crippen molar-refractivity contribution >= 4 is 5.91 Å². The van der Waals surface area contributed by atoms with Crippen molar-refractivity contribution in [1.82, 2.24) is 10.6 Å². The third-order valence-corrected chi connectivity index (χ3v) is 3.83. The summed E-state index contributed by atoms with van der Waals surface area (Å²) >= 11 is 0. The molecular formula is C17H26N2O2. The number of para-hydroxylation sites is 1. The zero-order valence-electron chi connectivity index (χ0n) is 12.6. The molecule has 1 fully saturated rings. The molecule has 1 unspecified atom stereocenters. The second-order valence-electron chi connectivity index (χ2n) is 5.62. The van der Waals surface area contributed by atoms with Crippen molar-refractivity contribution in [2.75, 3.05) is 26.2 Å². The van der Waals surface area contributed by atoms with Gasteiger partial charge in [0.2, 0.25) is 5.91 Å². The first-order chi connectivity index (χ1) is 10.3. The molecule has 0 aliphatic carbocycles. The van der Waals surface area contributed by atoms with E-state index in [-0.39, 0.29) is 5.91 Å². The van der Waals surface area contributed by atoms with Crippen molar-refractivity contribution in [1.29, 1.82) is 0 Å². The molecule has 2 rings (SSSR count). The Morgan fingerprint density at radius 2 is 2.19 bits per heavy atom. The average molecular weight is 290 g/mol. The van der Waals surface area contributed by atoms with Crippen LogP contribution in [0.3, 0.4) is 0 Å². The van der Waals surface area contributed by atoms with Crippen LogP contribution in [0, 0.1) is 5.92 Å². The number of ether oxygens (including phenoxy) is 1. The quantitative estimate of drug-likeness (QED) is 0.723. The SMILES string of the molecule is O=C(CCC1CCCNC1)NCCCOc1ccccc1. The van der Waals surface area contributed by atoms with E-state index in [1.807, 2.05) is 30.3 Å². The number of hydrogen-bond donors (Lipinski definition) is 2. The van der Waals surface area contributed by atoms with Gasteiger partial charge in [0, 0.05) is 13.0 Å². The molecule has 1 aliphatic heterocycles. The molecule has 0 radical (unpaired) electrons. The molecule has 4 heteroatoms. The smallest absolute Gasteiger partial charge is 0.220 e. The highest BCUT2D eigenvalue weighted by atomic mass is 16.5. The molecule has 0 bridgehead atoms. The summed E-state index contributed by atoms with van der Waals surface area (Å²) in [7, 11) is 0. The van der Waals surface area contributed by atoms with Crippen molar-refractivity contribution in [3.63, 3.8) is 0 Å². The zero-order chi connectivity index (χ0) is 14.8. The Bertz CT molecular complexity index is 403. The highest BCUT2D eigenvalue weighted by Gasteiger charge is 2.14. The summed E-state index contributed by atoms with van der Waals surface area (Å²) < 4.78 is 5.58. The van der Waals surface area contributed by atoms with Crippen LogP contribution in [0.15, 0.2) is 30.3 Å². The van der Waals surface area contributed by atoms with Gasteiger partial charge in [-0.05, 0) is 56.8 Å². The Kier molecular flexibility index (Phi) is 7.08. The molecule has 0 aromatic heterocycles. The number of nitrogens with one attached hydrogen (secondary N) is 2. The number of piperidine rings is 1. The minimum absolute atomic E-state index is 0.167. The Morgan fingerprint density at radius 1 is 1.33 bits per heavy atom. The second-order valence-corrected chi connectivity index (χ2v) is 5.62. The van der Waals surface area contributed by atoms with Gasteiger partial charge in [-0.15, -0.1) is 0 Å². The predicted octanol–water partition coefficient (Wildman–Crippen LogP) is 2.35. The van der Waals surface area contributed by atoms with Crippen LogP contribution in [0.1, 0.15) is 32.1 Å². The molecule has 1 aromatic rings. The Hall–Kier alpha value is -1.55. The highest BCUT2D eigenvalue weighted by Crippen LogP contribution is 2.15. The fourth-order valence-corrected chi connectivity index (χ4v) is 2.60. The van der Waals surface area contributed by atoms with Gasteiger partial charge < -0.3 is 15.4 Å². The number of benzene rings is 1. The van der Waals surface area contributed by atoms with Crippen LogP contribution in [-0.2, 0) is 4.79 Å². The minimum atomic E-state index is 0.167. The van der Waals surface area contributed by atoms with Crippen LogP contribution in [-0.4, -0.2) is 32.1 Å². The van der Waals surface area contributed by atoms with Crippen LogP contribution in [0.25, 0.3) is 0 Å². The fraction of sp³-hybridized carbons (Fsp3) is 0.588. The van der Waals surface area contributed by atoms with Gasteiger partial charge >= 0.3 is 0 Å². The lowest BCUT2D eigenvalue weighted by molar-refractivity contribution is -0.121. The molecule has 1 heterocycles. The van der Waals surface area contributed by atoms with Crippen LogP contribution >= 0.6 is 0 Å². The Labute approximate surface area is 127 Å². The summed E-state index contributed by atoms with van der Waals surface area (Å²) in [5.74, 6) is 1.72. The van der Waals surface area contributed by atoms with Crippen LogP contribution in [0.4, 0.5) is 0 Å². The van der Waals surface area contributed by atoms with Crippen molar-refractivity contribution < 1.29 is 9.53 Å². The molecule has 21 heavy (non-hydrogen) atoms. The van der Waals surface area contributed by atoms with Crippen molar-refractivity contribution in [2.45, 2.75) is 32.1 Å². The van der Waals surface area contributed by atoms with Gasteiger partial charge in [-0.25, -0.2) is 0 Å². The topological polar surface area (TPSA) is 50.4 Å². The van der Waals surface area contributed by atoms with E-state index in [9.17, 15) is 4.79 Å². The maximum Gasteiger partial charge on any atom is 0.220 e. The normalized spacial score (nSPS) is 18.2. The molecule has 1 aliphatic rings. The molecule has 1 aromatic carbocycles. The molecular weight excluding hydrogens is 264 g/mol. The lowest BCUT2D eigenvalue weighted by Crippen LogP contribution is -2.31. The number of hydrogen-bond acceptors (Lipinski definition) is 3. The molecule has 1 saturated heterocycles. The number of carbonyl (C=O) groups is 1. The van der Waals surface area contributed by atoms with Gasteiger partial charge in [-0.1, -0.05) is 18.2 Å². The van der Waals surface area contributed by atoms with Crippen LogP contribution in [0.5, 0.6) is 5.75 Å². The van der Waals surface area contributed by atoms with E-state index in [1.165, 1.54) is 12.8 Å². The molecule has 2 N–H and O–H groups in total. The Balaban J connectivity index is 1.47. The summed E-state index contributed by atoms with van der Waals surface area (Å²) in [6.45, 7) is 3.52. The van der Waals surface area contributed by atoms with Gasteiger partial charge in [0.05, 0.1) is 6.61 Å². The second kappa shape index (κ2) is 9.40. The van der Waals surface area contributed by atoms with E-state index in [2.05, 4.69) is 10.6 Å². The Morgan fingerprint density at radius 3 is 2.95 bits per heavy atom. The maximum absolute atomic E-state index is 11.7. The lowest BCUT2D eigenvalue weighted by atomic mass is 9.94. The van der Waals surface area contributed by atoms with E-state index < -0.39 is 0 Å². The molecule has 0 saturated carbocycles. The third kappa shape index (κ3) is 6.63. The van der Waals surface area contributed by atoms with Crippen molar-refractivity contribution in [3.05, 3.63) is 30.3 Å².